The third-order valence-corrected chi connectivity index (χ3v) is 4.40. The molecule has 1 atom stereocenters. The van der Waals surface area contributed by atoms with E-state index < -0.39 is 0 Å². The zero-order valence-electron chi connectivity index (χ0n) is 17.7. The van der Waals surface area contributed by atoms with Gasteiger partial charge in [-0.15, -0.1) is 0 Å². The maximum Gasteiger partial charge on any atom is 0.167 e. The molecule has 2 aromatic heterocycles. The van der Waals surface area contributed by atoms with Crippen molar-refractivity contribution in [2.45, 2.75) is 47.5 Å². The molecular formula is C24H27N3O2. The van der Waals surface area contributed by atoms with Crippen LogP contribution in [0.3, 0.4) is 0 Å². The Kier molecular flexibility index (Phi) is 7.85. The molecule has 5 heteroatoms. The van der Waals surface area contributed by atoms with Crippen molar-refractivity contribution in [3.8, 4) is 28.8 Å². The fraction of sp³-hybridized carbons (Fsp3) is 0.333. The number of carbonyl (C=O) groups is 1. The Morgan fingerprint density at radius 2 is 1.79 bits per heavy atom. The van der Waals surface area contributed by atoms with Crippen LogP contribution in [0, 0.1) is 17.2 Å². The largest absolute Gasteiger partial charge is 0.356 e. The minimum absolute atomic E-state index is 0.155. The van der Waals surface area contributed by atoms with Crippen molar-refractivity contribution in [1.29, 1.82) is 5.26 Å². The zero-order valence-corrected chi connectivity index (χ0v) is 17.7. The molecular weight excluding hydrogens is 362 g/mol. The second-order valence-corrected chi connectivity index (χ2v) is 6.40. The van der Waals surface area contributed by atoms with E-state index in [0.717, 1.165) is 17.7 Å². The monoisotopic (exact) mass is 389 g/mol. The standard InChI is InChI=1S/C20H15N3O2.2C2H6/c1-12-7-17-15(19(24)8-12)5-6-16(22-17)18-10-20(25-23-18)14-4-2-3-13(9-14)11-21;2*1-2/h2-6,9-10,12H,7-8H2,1H3;2*1-2H3. The number of hydrogen-bond acceptors (Lipinski definition) is 5. The van der Waals surface area contributed by atoms with E-state index in [-0.39, 0.29) is 5.78 Å². The van der Waals surface area contributed by atoms with Crippen molar-refractivity contribution < 1.29 is 9.32 Å². The van der Waals surface area contributed by atoms with Crippen LogP contribution in [0.4, 0.5) is 0 Å². The van der Waals surface area contributed by atoms with Gasteiger partial charge in [-0.25, -0.2) is 0 Å². The Morgan fingerprint density at radius 1 is 1.03 bits per heavy atom. The van der Waals surface area contributed by atoms with Gasteiger partial charge in [-0.3, -0.25) is 9.78 Å². The van der Waals surface area contributed by atoms with Gasteiger partial charge < -0.3 is 4.52 Å². The molecule has 1 aliphatic carbocycles. The smallest absolute Gasteiger partial charge is 0.167 e. The predicted octanol–water partition coefficient (Wildman–Crippen LogP) is 6.09. The van der Waals surface area contributed by atoms with Gasteiger partial charge in [0.1, 0.15) is 5.69 Å². The predicted molar refractivity (Wildman–Crippen MR) is 114 cm³/mol. The Balaban J connectivity index is 0.000000707. The normalized spacial score (nSPS) is 14.5. The van der Waals surface area contributed by atoms with Crippen LogP contribution in [0.2, 0.25) is 0 Å². The van der Waals surface area contributed by atoms with Crippen molar-refractivity contribution in [3.05, 3.63) is 59.3 Å². The number of hydrogen-bond donors (Lipinski definition) is 0. The summed E-state index contributed by atoms with van der Waals surface area (Å²) in [5, 5.41) is 13.1. The molecule has 0 spiro atoms. The van der Waals surface area contributed by atoms with Gasteiger partial charge in [-0.05, 0) is 36.6 Å². The van der Waals surface area contributed by atoms with Gasteiger partial charge in [0.15, 0.2) is 11.5 Å². The molecule has 150 valence electrons. The number of fused-ring (bicyclic) bond motifs is 1. The number of benzene rings is 1. The molecule has 1 unspecified atom stereocenters. The number of ketones is 1. The third-order valence-electron chi connectivity index (χ3n) is 4.40. The van der Waals surface area contributed by atoms with Crippen molar-refractivity contribution in [2.75, 3.05) is 0 Å². The summed E-state index contributed by atoms with van der Waals surface area (Å²) in [5.41, 5.74) is 4.21. The lowest BCUT2D eigenvalue weighted by Crippen LogP contribution is -2.19. The topological polar surface area (TPSA) is 79.8 Å². The van der Waals surface area contributed by atoms with Gasteiger partial charge in [0.2, 0.25) is 0 Å². The van der Waals surface area contributed by atoms with E-state index in [1.54, 1.807) is 30.3 Å². The van der Waals surface area contributed by atoms with E-state index >= 15 is 0 Å². The first-order chi connectivity index (χ1) is 14.1. The molecule has 29 heavy (non-hydrogen) atoms. The van der Waals surface area contributed by atoms with Crippen LogP contribution < -0.4 is 0 Å². The maximum atomic E-state index is 12.1. The van der Waals surface area contributed by atoms with Crippen LogP contribution in [0.15, 0.2) is 47.0 Å². The quantitative estimate of drug-likeness (QED) is 0.529. The van der Waals surface area contributed by atoms with Crippen LogP contribution in [0.5, 0.6) is 0 Å². The second kappa shape index (κ2) is 10.3. The Labute approximate surface area is 172 Å². The van der Waals surface area contributed by atoms with E-state index in [2.05, 4.69) is 23.1 Å². The van der Waals surface area contributed by atoms with E-state index in [9.17, 15) is 4.79 Å². The van der Waals surface area contributed by atoms with Gasteiger partial charge in [0, 0.05) is 23.6 Å². The molecule has 0 N–H and O–H groups in total. The molecule has 0 amide bonds. The highest BCUT2D eigenvalue weighted by atomic mass is 16.5. The number of nitriles is 1. The first kappa shape index (κ1) is 22.0. The Hall–Kier alpha value is -3.26. The van der Waals surface area contributed by atoms with Crippen molar-refractivity contribution in [3.63, 3.8) is 0 Å². The van der Waals surface area contributed by atoms with Crippen molar-refractivity contribution in [1.82, 2.24) is 10.1 Å². The minimum Gasteiger partial charge on any atom is -0.356 e. The van der Waals surface area contributed by atoms with Crippen LogP contribution in [0.1, 0.15) is 62.7 Å². The van der Waals surface area contributed by atoms with E-state index in [1.165, 1.54) is 0 Å². The van der Waals surface area contributed by atoms with Crippen LogP contribution in [-0.2, 0) is 6.42 Å². The van der Waals surface area contributed by atoms with Crippen LogP contribution in [-0.4, -0.2) is 15.9 Å². The molecule has 1 aromatic carbocycles. The summed E-state index contributed by atoms with van der Waals surface area (Å²) >= 11 is 0. The Morgan fingerprint density at radius 3 is 2.52 bits per heavy atom. The lowest BCUT2D eigenvalue weighted by atomic mass is 9.87. The number of nitrogens with zero attached hydrogens (tertiary/aromatic N) is 3. The molecule has 3 aromatic rings. The van der Waals surface area contributed by atoms with Gasteiger partial charge in [-0.2, -0.15) is 5.26 Å². The van der Waals surface area contributed by atoms with E-state index in [0.29, 0.717) is 40.6 Å². The van der Waals surface area contributed by atoms with E-state index in [1.807, 2.05) is 39.8 Å². The van der Waals surface area contributed by atoms with Crippen molar-refractivity contribution >= 4 is 5.78 Å². The minimum atomic E-state index is 0.155. The fourth-order valence-corrected chi connectivity index (χ4v) is 3.16. The van der Waals surface area contributed by atoms with Gasteiger partial charge in [0.25, 0.3) is 0 Å². The Bertz CT molecular complexity index is 1010. The fourth-order valence-electron chi connectivity index (χ4n) is 3.16. The number of rotatable bonds is 2. The SMILES string of the molecule is CC.CC.CC1CC(=O)c2ccc(-c3cc(-c4cccc(C#N)c4)on3)nc2C1. The number of Topliss-reactive ketones (excluding diaryl/α,β-unsaturated/α-hetero) is 1. The van der Waals surface area contributed by atoms with E-state index in [4.69, 9.17) is 9.78 Å². The van der Waals surface area contributed by atoms with Crippen LogP contribution in [0.25, 0.3) is 22.7 Å². The molecule has 5 nitrogen and oxygen atoms in total. The first-order valence-electron chi connectivity index (χ1n) is 10.1. The molecule has 0 saturated carbocycles. The lowest BCUT2D eigenvalue weighted by molar-refractivity contribution is 0.0952. The third kappa shape index (κ3) is 4.97. The average molecular weight is 389 g/mol. The summed E-state index contributed by atoms with van der Waals surface area (Å²) in [6.07, 6.45) is 1.38. The molecule has 4 rings (SSSR count). The highest BCUT2D eigenvalue weighted by Crippen LogP contribution is 2.29. The van der Waals surface area contributed by atoms with Crippen molar-refractivity contribution in [2.24, 2.45) is 5.92 Å². The summed E-state index contributed by atoms with van der Waals surface area (Å²) in [4.78, 5) is 16.7. The summed E-state index contributed by atoms with van der Waals surface area (Å²) in [7, 11) is 0. The molecule has 0 radical (unpaired) electrons. The van der Waals surface area contributed by atoms with Gasteiger partial charge >= 0.3 is 0 Å². The lowest BCUT2D eigenvalue weighted by Gasteiger charge is -2.19. The maximum absolute atomic E-state index is 12.1. The first-order valence-corrected chi connectivity index (χ1v) is 10.1. The van der Waals surface area contributed by atoms with Gasteiger partial charge in [0.05, 0.1) is 23.0 Å². The molecule has 0 saturated heterocycles. The summed E-state index contributed by atoms with van der Waals surface area (Å²) in [6, 6.07) is 14.7. The number of carbonyl (C=O) groups excluding carboxylic acids is 1. The molecule has 0 bridgehead atoms. The highest BCUT2D eigenvalue weighted by Gasteiger charge is 2.24. The molecule has 0 fully saturated rings. The molecule has 2 heterocycles. The second-order valence-electron chi connectivity index (χ2n) is 6.40. The average Bonchev–Trinajstić information content (AvgIpc) is 3.26. The summed E-state index contributed by atoms with van der Waals surface area (Å²) in [6.45, 7) is 10.1. The summed E-state index contributed by atoms with van der Waals surface area (Å²) in [5.74, 6) is 1.04. The summed E-state index contributed by atoms with van der Waals surface area (Å²) < 4.78 is 5.42. The molecule has 1 aliphatic rings. The number of aromatic nitrogens is 2. The number of pyridine rings is 1. The van der Waals surface area contributed by atoms with Gasteiger partial charge in [-0.1, -0.05) is 51.9 Å². The molecule has 0 aliphatic heterocycles. The highest BCUT2D eigenvalue weighted by molar-refractivity contribution is 5.98. The zero-order chi connectivity index (χ0) is 21.4. The van der Waals surface area contributed by atoms with Crippen LogP contribution >= 0.6 is 0 Å².